The number of nitrogens with one attached hydrogen (secondary N) is 1. The molecule has 0 aromatic carbocycles. The zero-order valence-corrected chi connectivity index (χ0v) is 12.3. The Hall–Kier alpha value is -1.14. The Kier molecular flexibility index (Phi) is 4.52. The van der Waals surface area contributed by atoms with E-state index in [2.05, 4.69) is 32.2 Å². The molecule has 2 aliphatic rings. The Morgan fingerprint density at radius 2 is 1.75 bits per heavy atom. The minimum Gasteiger partial charge on any atom is -0.338 e. The topological polar surface area (TPSA) is 57.4 Å². The highest BCUT2D eigenvalue weighted by Crippen LogP contribution is 2.22. The van der Waals surface area contributed by atoms with E-state index in [0.717, 1.165) is 51.1 Å². The van der Waals surface area contributed by atoms with Crippen molar-refractivity contribution < 1.29 is 4.52 Å². The maximum absolute atomic E-state index is 5.51. The summed E-state index contributed by atoms with van der Waals surface area (Å²) in [5.74, 6) is 1.54. The molecular formula is C14H25N5O. The van der Waals surface area contributed by atoms with Crippen molar-refractivity contribution >= 4 is 5.95 Å². The van der Waals surface area contributed by atoms with Crippen LogP contribution in [0.1, 0.15) is 44.5 Å². The lowest BCUT2D eigenvalue weighted by Gasteiger charge is -2.30. The van der Waals surface area contributed by atoms with Crippen molar-refractivity contribution in [3.05, 3.63) is 5.89 Å². The van der Waals surface area contributed by atoms with Crippen LogP contribution in [0, 0.1) is 0 Å². The quantitative estimate of drug-likeness (QED) is 0.903. The number of hydrogen-bond acceptors (Lipinski definition) is 6. The highest BCUT2D eigenvalue weighted by atomic mass is 16.5. The summed E-state index contributed by atoms with van der Waals surface area (Å²) in [6, 6.07) is 0.213. The molecule has 6 heteroatoms. The van der Waals surface area contributed by atoms with Crippen LogP contribution in [0.25, 0.3) is 0 Å². The molecule has 0 bridgehead atoms. The van der Waals surface area contributed by atoms with Gasteiger partial charge in [-0.3, -0.25) is 4.90 Å². The van der Waals surface area contributed by atoms with E-state index in [-0.39, 0.29) is 6.04 Å². The van der Waals surface area contributed by atoms with Crippen LogP contribution in [0.3, 0.4) is 0 Å². The number of nitrogens with zero attached hydrogens (tertiary/aromatic N) is 4. The number of rotatable bonds is 3. The second kappa shape index (κ2) is 6.54. The van der Waals surface area contributed by atoms with Gasteiger partial charge in [0.1, 0.15) is 0 Å². The average molecular weight is 279 g/mol. The molecule has 2 aliphatic heterocycles. The van der Waals surface area contributed by atoms with E-state index < -0.39 is 0 Å². The van der Waals surface area contributed by atoms with Gasteiger partial charge in [0.25, 0.3) is 5.95 Å². The smallest absolute Gasteiger partial charge is 0.266 e. The maximum atomic E-state index is 5.51. The zero-order valence-electron chi connectivity index (χ0n) is 12.3. The van der Waals surface area contributed by atoms with Crippen LogP contribution in [0.2, 0.25) is 0 Å². The Morgan fingerprint density at radius 1 is 1.05 bits per heavy atom. The molecule has 2 saturated heterocycles. The fraction of sp³-hybridized carbons (Fsp3) is 0.857. The lowest BCUT2D eigenvalue weighted by molar-refractivity contribution is 0.154. The Bertz CT molecular complexity index is 407. The van der Waals surface area contributed by atoms with E-state index in [4.69, 9.17) is 4.52 Å². The Balaban J connectivity index is 1.65. The molecule has 1 aromatic rings. The summed E-state index contributed by atoms with van der Waals surface area (Å²) in [6.45, 7) is 8.44. The van der Waals surface area contributed by atoms with Crippen molar-refractivity contribution in [3.63, 3.8) is 0 Å². The predicted molar refractivity (Wildman–Crippen MR) is 77.8 cm³/mol. The first-order valence-electron chi connectivity index (χ1n) is 7.88. The molecule has 20 heavy (non-hydrogen) atoms. The van der Waals surface area contributed by atoms with E-state index in [9.17, 15) is 0 Å². The molecule has 2 fully saturated rings. The third-order valence-electron chi connectivity index (χ3n) is 4.38. The summed E-state index contributed by atoms with van der Waals surface area (Å²) in [5.41, 5.74) is 0. The molecular weight excluding hydrogens is 254 g/mol. The third-order valence-corrected chi connectivity index (χ3v) is 4.38. The van der Waals surface area contributed by atoms with E-state index in [1.54, 1.807) is 0 Å². The number of hydrogen-bond donors (Lipinski definition) is 1. The van der Waals surface area contributed by atoms with Crippen molar-refractivity contribution in [2.75, 3.05) is 44.2 Å². The van der Waals surface area contributed by atoms with Crippen LogP contribution in [-0.2, 0) is 0 Å². The van der Waals surface area contributed by atoms with Gasteiger partial charge >= 0.3 is 0 Å². The first-order valence-corrected chi connectivity index (χ1v) is 7.88. The van der Waals surface area contributed by atoms with Crippen molar-refractivity contribution in [1.82, 2.24) is 20.4 Å². The molecule has 0 amide bonds. The van der Waals surface area contributed by atoms with E-state index in [1.165, 1.54) is 25.7 Å². The fourth-order valence-corrected chi connectivity index (χ4v) is 3.02. The van der Waals surface area contributed by atoms with Crippen LogP contribution in [0.5, 0.6) is 0 Å². The molecule has 1 unspecified atom stereocenters. The maximum Gasteiger partial charge on any atom is 0.266 e. The van der Waals surface area contributed by atoms with Crippen LogP contribution >= 0.6 is 0 Å². The van der Waals surface area contributed by atoms with E-state index in [1.807, 2.05) is 0 Å². The van der Waals surface area contributed by atoms with Crippen molar-refractivity contribution in [2.45, 2.75) is 38.6 Å². The molecule has 3 heterocycles. The SMILES string of the molecule is CC(c1nc(N2CCCCCC2)no1)N1CCNCC1. The summed E-state index contributed by atoms with van der Waals surface area (Å²) in [4.78, 5) is 9.30. The second-order valence-corrected chi connectivity index (χ2v) is 5.80. The van der Waals surface area contributed by atoms with Crippen molar-refractivity contribution in [3.8, 4) is 0 Å². The molecule has 0 aliphatic carbocycles. The molecule has 1 aromatic heterocycles. The van der Waals surface area contributed by atoms with E-state index >= 15 is 0 Å². The van der Waals surface area contributed by atoms with Gasteiger partial charge in [0, 0.05) is 39.3 Å². The standard InChI is InChI=1S/C14H25N5O/c1-12(18-10-6-15-7-11-18)13-16-14(17-20-13)19-8-4-2-3-5-9-19/h12,15H,2-11H2,1H3. The molecule has 1 N–H and O–H groups in total. The molecule has 0 spiro atoms. The number of aromatic nitrogens is 2. The van der Waals surface area contributed by atoms with Gasteiger partial charge in [-0.2, -0.15) is 4.98 Å². The highest BCUT2D eigenvalue weighted by molar-refractivity contribution is 5.28. The zero-order chi connectivity index (χ0) is 13.8. The number of anilines is 1. The lowest BCUT2D eigenvalue weighted by atomic mass is 10.2. The van der Waals surface area contributed by atoms with Gasteiger partial charge in [0.05, 0.1) is 6.04 Å². The molecule has 112 valence electrons. The predicted octanol–water partition coefficient (Wildman–Crippen LogP) is 1.42. The third kappa shape index (κ3) is 3.12. The molecule has 0 radical (unpaired) electrons. The van der Waals surface area contributed by atoms with Gasteiger partial charge in [-0.05, 0) is 24.9 Å². The normalized spacial score (nSPS) is 23.6. The Labute approximate surface area is 120 Å². The van der Waals surface area contributed by atoms with Gasteiger partial charge in [-0.15, -0.1) is 0 Å². The fourth-order valence-electron chi connectivity index (χ4n) is 3.02. The van der Waals surface area contributed by atoms with Gasteiger partial charge in [-0.25, -0.2) is 0 Å². The van der Waals surface area contributed by atoms with Crippen molar-refractivity contribution in [2.24, 2.45) is 0 Å². The minimum absolute atomic E-state index is 0.213. The summed E-state index contributed by atoms with van der Waals surface area (Å²) >= 11 is 0. The molecule has 3 rings (SSSR count). The number of piperazine rings is 1. The summed E-state index contributed by atoms with van der Waals surface area (Å²) in [5, 5.41) is 7.56. The average Bonchev–Trinajstić information content (AvgIpc) is 2.83. The highest BCUT2D eigenvalue weighted by Gasteiger charge is 2.24. The summed E-state index contributed by atoms with van der Waals surface area (Å²) in [7, 11) is 0. The first-order chi connectivity index (χ1) is 9.84. The van der Waals surface area contributed by atoms with Crippen LogP contribution in [0.15, 0.2) is 4.52 Å². The van der Waals surface area contributed by atoms with Crippen LogP contribution < -0.4 is 10.2 Å². The van der Waals surface area contributed by atoms with E-state index in [0.29, 0.717) is 0 Å². The van der Waals surface area contributed by atoms with Gasteiger partial charge in [0.2, 0.25) is 5.89 Å². The second-order valence-electron chi connectivity index (χ2n) is 5.80. The van der Waals surface area contributed by atoms with Gasteiger partial charge in [-0.1, -0.05) is 12.8 Å². The van der Waals surface area contributed by atoms with Crippen LogP contribution in [-0.4, -0.2) is 54.3 Å². The van der Waals surface area contributed by atoms with Gasteiger partial charge < -0.3 is 14.7 Å². The van der Waals surface area contributed by atoms with Gasteiger partial charge in [0.15, 0.2) is 0 Å². The van der Waals surface area contributed by atoms with Crippen molar-refractivity contribution in [1.29, 1.82) is 0 Å². The molecule has 1 atom stereocenters. The monoisotopic (exact) mass is 279 g/mol. The Morgan fingerprint density at radius 3 is 2.45 bits per heavy atom. The summed E-state index contributed by atoms with van der Waals surface area (Å²) < 4.78 is 5.51. The first kappa shape index (κ1) is 13.8. The molecule has 0 saturated carbocycles. The summed E-state index contributed by atoms with van der Waals surface area (Å²) in [6.07, 6.45) is 5.10. The largest absolute Gasteiger partial charge is 0.338 e. The van der Waals surface area contributed by atoms with Crippen LogP contribution in [0.4, 0.5) is 5.95 Å². The minimum atomic E-state index is 0.213. The lowest BCUT2D eigenvalue weighted by Crippen LogP contribution is -2.44. The molecule has 6 nitrogen and oxygen atoms in total.